The Morgan fingerprint density at radius 2 is 2.00 bits per heavy atom. The molecule has 0 fully saturated rings. The summed E-state index contributed by atoms with van der Waals surface area (Å²) in [6, 6.07) is 7.07. The van der Waals surface area contributed by atoms with Gasteiger partial charge in [-0.05, 0) is 24.6 Å². The number of halogens is 1. The standard InChI is InChI=1S/C14H12FNO3S/c1-2-8-7-10(14(18)19)13(20-8)16-12(17)9-5-3-4-6-11(9)15/h3-7H,2H2,1H3,(H,16,17)(H,18,19). The van der Waals surface area contributed by atoms with Gasteiger partial charge in [-0.1, -0.05) is 19.1 Å². The Balaban J connectivity index is 2.30. The number of rotatable bonds is 4. The third kappa shape index (κ3) is 2.85. The molecule has 1 aromatic carbocycles. The maximum absolute atomic E-state index is 13.5. The summed E-state index contributed by atoms with van der Waals surface area (Å²) in [5.41, 5.74) is -0.0909. The lowest BCUT2D eigenvalue weighted by atomic mass is 10.2. The molecule has 6 heteroatoms. The fraction of sp³-hybridized carbons (Fsp3) is 0.143. The lowest BCUT2D eigenvalue weighted by molar-refractivity contribution is 0.0698. The molecule has 20 heavy (non-hydrogen) atoms. The summed E-state index contributed by atoms with van der Waals surface area (Å²) >= 11 is 1.18. The molecule has 0 saturated heterocycles. The van der Waals surface area contributed by atoms with Gasteiger partial charge in [0.2, 0.25) is 0 Å². The maximum atomic E-state index is 13.5. The Bertz CT molecular complexity index is 666. The Morgan fingerprint density at radius 3 is 2.60 bits per heavy atom. The predicted octanol–water partition coefficient (Wildman–Crippen LogP) is 3.40. The molecular weight excluding hydrogens is 281 g/mol. The number of carbonyl (C=O) groups excluding carboxylic acids is 1. The fourth-order valence-corrected chi connectivity index (χ4v) is 2.67. The third-order valence-corrected chi connectivity index (χ3v) is 3.90. The first-order valence-electron chi connectivity index (χ1n) is 5.94. The Labute approximate surface area is 118 Å². The van der Waals surface area contributed by atoms with Gasteiger partial charge >= 0.3 is 5.97 Å². The molecule has 104 valence electrons. The van der Waals surface area contributed by atoms with Gasteiger partial charge in [0.05, 0.1) is 11.1 Å². The number of benzene rings is 1. The van der Waals surface area contributed by atoms with Gasteiger partial charge in [-0.2, -0.15) is 0 Å². The van der Waals surface area contributed by atoms with Crippen LogP contribution in [-0.4, -0.2) is 17.0 Å². The number of hydrogen-bond acceptors (Lipinski definition) is 3. The van der Waals surface area contributed by atoms with Crippen molar-refractivity contribution in [3.05, 3.63) is 52.2 Å². The number of carboxylic acids is 1. The van der Waals surface area contributed by atoms with Crippen LogP contribution in [0.5, 0.6) is 0 Å². The van der Waals surface area contributed by atoms with Gasteiger partial charge in [0.25, 0.3) is 5.91 Å². The first-order chi connectivity index (χ1) is 9.52. The summed E-state index contributed by atoms with van der Waals surface area (Å²) in [7, 11) is 0. The van der Waals surface area contributed by atoms with E-state index in [1.54, 1.807) is 6.07 Å². The number of aryl methyl sites for hydroxylation is 1. The number of aromatic carboxylic acids is 1. The van der Waals surface area contributed by atoms with Gasteiger partial charge in [-0.25, -0.2) is 9.18 Å². The largest absolute Gasteiger partial charge is 0.478 e. The summed E-state index contributed by atoms with van der Waals surface area (Å²) in [6.07, 6.45) is 0.667. The summed E-state index contributed by atoms with van der Waals surface area (Å²) in [5, 5.41) is 11.8. The second kappa shape index (κ2) is 5.83. The zero-order chi connectivity index (χ0) is 14.7. The average molecular weight is 293 g/mol. The molecule has 0 spiro atoms. The first-order valence-corrected chi connectivity index (χ1v) is 6.76. The van der Waals surface area contributed by atoms with Crippen LogP contribution >= 0.6 is 11.3 Å². The zero-order valence-electron chi connectivity index (χ0n) is 10.6. The van der Waals surface area contributed by atoms with Crippen molar-refractivity contribution < 1.29 is 19.1 Å². The quantitative estimate of drug-likeness (QED) is 0.908. The number of amides is 1. The van der Waals surface area contributed by atoms with Gasteiger partial charge in [-0.3, -0.25) is 4.79 Å². The molecule has 0 unspecified atom stereocenters. The predicted molar refractivity (Wildman–Crippen MR) is 75.0 cm³/mol. The zero-order valence-corrected chi connectivity index (χ0v) is 11.5. The molecule has 1 amide bonds. The van der Waals surface area contributed by atoms with Crippen molar-refractivity contribution in [3.63, 3.8) is 0 Å². The Kier molecular flexibility index (Phi) is 4.14. The molecule has 0 aliphatic heterocycles. The number of thiophene rings is 1. The normalized spacial score (nSPS) is 10.3. The summed E-state index contributed by atoms with van der Waals surface area (Å²) in [4.78, 5) is 23.9. The van der Waals surface area contributed by atoms with E-state index in [2.05, 4.69) is 5.32 Å². The van der Waals surface area contributed by atoms with E-state index in [4.69, 9.17) is 5.11 Å². The summed E-state index contributed by atoms with van der Waals surface area (Å²) in [5.74, 6) is -2.42. The Morgan fingerprint density at radius 1 is 1.30 bits per heavy atom. The van der Waals surface area contributed by atoms with E-state index in [1.165, 1.54) is 35.6 Å². The lowest BCUT2D eigenvalue weighted by Crippen LogP contribution is -2.14. The van der Waals surface area contributed by atoms with Crippen LogP contribution in [0.1, 0.15) is 32.5 Å². The summed E-state index contributed by atoms with van der Waals surface area (Å²) in [6.45, 7) is 1.89. The van der Waals surface area contributed by atoms with E-state index in [1.807, 2.05) is 6.92 Å². The third-order valence-electron chi connectivity index (χ3n) is 2.71. The molecule has 2 N–H and O–H groups in total. The van der Waals surface area contributed by atoms with Crippen LogP contribution in [0.25, 0.3) is 0 Å². The van der Waals surface area contributed by atoms with Gasteiger partial charge in [0.1, 0.15) is 10.8 Å². The SMILES string of the molecule is CCc1cc(C(=O)O)c(NC(=O)c2ccccc2F)s1. The molecular formula is C14H12FNO3S. The first kappa shape index (κ1) is 14.2. The second-order valence-corrected chi connectivity index (χ2v) is 5.18. The number of hydrogen-bond donors (Lipinski definition) is 2. The van der Waals surface area contributed by atoms with Crippen LogP contribution in [0.2, 0.25) is 0 Å². The van der Waals surface area contributed by atoms with Gasteiger partial charge in [-0.15, -0.1) is 11.3 Å². The molecule has 0 aliphatic rings. The number of nitrogens with one attached hydrogen (secondary N) is 1. The summed E-state index contributed by atoms with van der Waals surface area (Å²) < 4.78 is 13.5. The molecule has 4 nitrogen and oxygen atoms in total. The minimum atomic E-state index is -1.12. The topological polar surface area (TPSA) is 66.4 Å². The lowest BCUT2D eigenvalue weighted by Gasteiger charge is -2.04. The van der Waals surface area contributed by atoms with Crippen molar-refractivity contribution in [2.75, 3.05) is 5.32 Å². The van der Waals surface area contributed by atoms with E-state index in [-0.39, 0.29) is 16.1 Å². The van der Waals surface area contributed by atoms with Crippen molar-refractivity contribution in [1.82, 2.24) is 0 Å². The number of carbonyl (C=O) groups is 2. The molecule has 0 saturated carbocycles. The minimum absolute atomic E-state index is 0.0246. The van der Waals surface area contributed by atoms with E-state index in [0.717, 1.165) is 4.88 Å². The van der Waals surface area contributed by atoms with Crippen LogP contribution in [0.15, 0.2) is 30.3 Å². The van der Waals surface area contributed by atoms with Gasteiger partial charge < -0.3 is 10.4 Å². The molecule has 0 radical (unpaired) electrons. The van der Waals surface area contributed by atoms with Crippen LogP contribution in [-0.2, 0) is 6.42 Å². The maximum Gasteiger partial charge on any atom is 0.338 e. The second-order valence-electron chi connectivity index (χ2n) is 4.05. The molecule has 1 heterocycles. The van der Waals surface area contributed by atoms with Gasteiger partial charge in [0, 0.05) is 4.88 Å². The van der Waals surface area contributed by atoms with E-state index >= 15 is 0 Å². The van der Waals surface area contributed by atoms with E-state index < -0.39 is 17.7 Å². The van der Waals surface area contributed by atoms with E-state index in [9.17, 15) is 14.0 Å². The van der Waals surface area contributed by atoms with Crippen LogP contribution in [0.4, 0.5) is 9.39 Å². The van der Waals surface area contributed by atoms with Gasteiger partial charge in [0.15, 0.2) is 0 Å². The Hall–Kier alpha value is -2.21. The molecule has 0 atom stereocenters. The van der Waals surface area contributed by atoms with Crippen molar-refractivity contribution in [2.45, 2.75) is 13.3 Å². The number of carboxylic acid groups (broad SMARTS) is 1. The molecule has 0 bridgehead atoms. The van der Waals surface area contributed by atoms with E-state index in [0.29, 0.717) is 6.42 Å². The highest BCUT2D eigenvalue weighted by molar-refractivity contribution is 7.16. The molecule has 0 aliphatic carbocycles. The van der Waals surface area contributed by atoms with Crippen molar-refractivity contribution >= 4 is 28.2 Å². The monoisotopic (exact) mass is 293 g/mol. The average Bonchev–Trinajstić information content (AvgIpc) is 2.82. The minimum Gasteiger partial charge on any atom is -0.478 e. The highest BCUT2D eigenvalue weighted by atomic mass is 32.1. The van der Waals surface area contributed by atoms with Crippen LogP contribution in [0, 0.1) is 5.82 Å². The smallest absolute Gasteiger partial charge is 0.338 e. The fourth-order valence-electron chi connectivity index (χ4n) is 1.68. The number of anilines is 1. The van der Waals surface area contributed by atoms with Crippen LogP contribution in [0.3, 0.4) is 0 Å². The van der Waals surface area contributed by atoms with Crippen molar-refractivity contribution in [1.29, 1.82) is 0 Å². The molecule has 2 aromatic rings. The van der Waals surface area contributed by atoms with Crippen LogP contribution < -0.4 is 5.32 Å². The van der Waals surface area contributed by atoms with Crippen molar-refractivity contribution in [2.24, 2.45) is 0 Å². The molecule has 1 aromatic heterocycles. The molecule has 2 rings (SSSR count). The highest BCUT2D eigenvalue weighted by Gasteiger charge is 2.18. The highest BCUT2D eigenvalue weighted by Crippen LogP contribution is 2.29. The van der Waals surface area contributed by atoms with Crippen molar-refractivity contribution in [3.8, 4) is 0 Å².